The first-order valence-electron chi connectivity index (χ1n) is 5.65. The van der Waals surface area contributed by atoms with Crippen molar-refractivity contribution in [2.75, 3.05) is 0 Å². The molecule has 0 aromatic heterocycles. The molecule has 0 spiro atoms. The molecule has 1 heterocycles. The minimum Gasteiger partial charge on any atom is -0.479 e. The maximum Gasteiger partial charge on any atom is 0.335 e. The van der Waals surface area contributed by atoms with E-state index >= 15 is 0 Å². The summed E-state index contributed by atoms with van der Waals surface area (Å²) < 4.78 is 5.15. The molecule has 5 atom stereocenters. The molecule has 1 aliphatic rings. The van der Waals surface area contributed by atoms with Gasteiger partial charge in [-0.3, -0.25) is 0 Å². The summed E-state index contributed by atoms with van der Waals surface area (Å²) in [5.41, 5.74) is -0.957. The van der Waals surface area contributed by atoms with Gasteiger partial charge in [-0.2, -0.15) is 0 Å². The molecule has 1 saturated heterocycles. The number of aliphatic carboxylic acids is 1. The molecular weight excluding hydrogens is 272 g/mol. The highest BCUT2D eigenvalue weighted by molar-refractivity contribution is 7.99. The van der Waals surface area contributed by atoms with Crippen LogP contribution >= 0.6 is 11.8 Å². The van der Waals surface area contributed by atoms with Crippen LogP contribution < -0.4 is 0 Å². The van der Waals surface area contributed by atoms with Crippen molar-refractivity contribution in [1.29, 1.82) is 0 Å². The molecule has 0 unspecified atom stereocenters. The zero-order valence-electron chi connectivity index (χ0n) is 9.79. The van der Waals surface area contributed by atoms with Gasteiger partial charge in [-0.1, -0.05) is 30.0 Å². The van der Waals surface area contributed by atoms with Crippen molar-refractivity contribution >= 4 is 17.7 Å². The van der Waals surface area contributed by atoms with Gasteiger partial charge in [0, 0.05) is 4.90 Å². The number of ether oxygens (including phenoxy) is 1. The van der Waals surface area contributed by atoms with Gasteiger partial charge in [-0.15, -0.1) is 0 Å². The largest absolute Gasteiger partial charge is 0.479 e. The van der Waals surface area contributed by atoms with Crippen LogP contribution in [-0.2, 0) is 9.53 Å². The molecule has 0 saturated carbocycles. The van der Waals surface area contributed by atoms with Gasteiger partial charge in [0.25, 0.3) is 0 Å². The van der Waals surface area contributed by atoms with Gasteiger partial charge in [0.2, 0.25) is 0 Å². The monoisotopic (exact) mass is 286 g/mol. The lowest BCUT2D eigenvalue weighted by Crippen LogP contribution is -2.58. The Balaban J connectivity index is 2.13. The van der Waals surface area contributed by atoms with Gasteiger partial charge < -0.3 is 25.2 Å². The quantitative estimate of drug-likeness (QED) is 0.602. The number of thioether (sulfide) groups is 1. The number of carboxylic acid groups (broad SMARTS) is 1. The fourth-order valence-electron chi connectivity index (χ4n) is 1.78. The van der Waals surface area contributed by atoms with E-state index in [4.69, 9.17) is 9.84 Å². The Bertz CT molecular complexity index is 439. The summed E-state index contributed by atoms with van der Waals surface area (Å²) in [6.45, 7) is 0. The Morgan fingerprint density at radius 3 is 2.26 bits per heavy atom. The maximum atomic E-state index is 10.9. The predicted molar refractivity (Wildman–Crippen MR) is 66.6 cm³/mol. The van der Waals surface area contributed by atoms with Gasteiger partial charge in [0.15, 0.2) is 6.10 Å². The maximum absolute atomic E-state index is 10.9. The fraction of sp³-hybridized carbons (Fsp3) is 0.417. The second-order valence-electron chi connectivity index (χ2n) is 4.17. The Hall–Kier alpha value is -1.12. The van der Waals surface area contributed by atoms with Crippen LogP contribution in [0.2, 0.25) is 0 Å². The third-order valence-electron chi connectivity index (χ3n) is 2.81. The number of carbonyl (C=O) groups is 1. The highest BCUT2D eigenvalue weighted by Gasteiger charge is 2.47. The van der Waals surface area contributed by atoms with E-state index in [0.717, 1.165) is 16.7 Å². The number of aliphatic hydroxyl groups is 3. The molecule has 19 heavy (non-hydrogen) atoms. The van der Waals surface area contributed by atoms with Crippen LogP contribution in [0.3, 0.4) is 0 Å². The van der Waals surface area contributed by atoms with Gasteiger partial charge in [-0.05, 0) is 12.1 Å². The first-order valence-corrected chi connectivity index (χ1v) is 6.53. The minimum atomic E-state index is -1.65. The molecule has 0 aliphatic carbocycles. The minimum absolute atomic E-state index is 0.763. The van der Waals surface area contributed by atoms with E-state index in [0.29, 0.717) is 0 Å². The standard InChI is InChI=1S/C12H14O6S/c13-7-8(14)10(11(16)17)18-12(9(7)15)19-6-4-2-1-3-5-6/h1-5,7-10,12-15H,(H,16,17)/t7-,8+,9-,10+,12+/m1/s1. The zero-order chi connectivity index (χ0) is 14.0. The van der Waals surface area contributed by atoms with Crippen LogP contribution in [0.1, 0.15) is 0 Å². The summed E-state index contributed by atoms with van der Waals surface area (Å²) in [5, 5.41) is 37.9. The Labute approximate surface area is 113 Å². The van der Waals surface area contributed by atoms with Crippen molar-refractivity contribution in [3.63, 3.8) is 0 Å². The van der Waals surface area contributed by atoms with Crippen LogP contribution in [0.5, 0.6) is 0 Å². The smallest absolute Gasteiger partial charge is 0.335 e. The van der Waals surface area contributed by atoms with Crippen molar-refractivity contribution in [2.45, 2.75) is 34.7 Å². The van der Waals surface area contributed by atoms with E-state index in [2.05, 4.69) is 0 Å². The lowest BCUT2D eigenvalue weighted by molar-refractivity contribution is -0.209. The van der Waals surface area contributed by atoms with Gasteiger partial charge >= 0.3 is 5.97 Å². The number of hydrogen-bond acceptors (Lipinski definition) is 6. The van der Waals surface area contributed by atoms with E-state index in [1.807, 2.05) is 6.07 Å². The Morgan fingerprint density at radius 2 is 1.68 bits per heavy atom. The molecule has 104 valence electrons. The van der Waals surface area contributed by atoms with Crippen LogP contribution in [0.4, 0.5) is 0 Å². The molecule has 1 aromatic rings. The molecule has 7 heteroatoms. The summed E-state index contributed by atoms with van der Waals surface area (Å²) in [5.74, 6) is -1.38. The number of hydrogen-bond donors (Lipinski definition) is 4. The second kappa shape index (κ2) is 5.89. The first-order chi connectivity index (χ1) is 9.00. The topological polar surface area (TPSA) is 107 Å². The van der Waals surface area contributed by atoms with E-state index in [1.165, 1.54) is 0 Å². The molecule has 0 amide bonds. The third-order valence-corrected chi connectivity index (χ3v) is 3.98. The van der Waals surface area contributed by atoms with Gasteiger partial charge in [-0.25, -0.2) is 4.79 Å². The summed E-state index contributed by atoms with van der Waals surface area (Å²) in [6, 6.07) is 8.94. The average molecular weight is 286 g/mol. The first kappa shape index (κ1) is 14.3. The van der Waals surface area contributed by atoms with Crippen LogP contribution in [-0.4, -0.2) is 56.2 Å². The average Bonchev–Trinajstić information content (AvgIpc) is 2.40. The van der Waals surface area contributed by atoms with E-state index in [-0.39, 0.29) is 0 Å². The van der Waals surface area contributed by atoms with E-state index in [1.54, 1.807) is 24.3 Å². The van der Waals surface area contributed by atoms with Crippen LogP contribution in [0.25, 0.3) is 0 Å². The van der Waals surface area contributed by atoms with Gasteiger partial charge in [0.1, 0.15) is 23.7 Å². The molecule has 2 rings (SSSR count). The van der Waals surface area contributed by atoms with E-state index < -0.39 is 35.8 Å². The molecule has 0 bridgehead atoms. The summed E-state index contributed by atoms with van der Waals surface area (Å²) in [4.78, 5) is 11.7. The van der Waals surface area contributed by atoms with Crippen molar-refractivity contribution in [3.05, 3.63) is 30.3 Å². The molecule has 1 aromatic carbocycles. The second-order valence-corrected chi connectivity index (χ2v) is 5.34. The Morgan fingerprint density at radius 1 is 1.05 bits per heavy atom. The van der Waals surface area contributed by atoms with E-state index in [9.17, 15) is 20.1 Å². The molecule has 6 nitrogen and oxygen atoms in total. The van der Waals surface area contributed by atoms with Crippen molar-refractivity contribution in [2.24, 2.45) is 0 Å². The summed E-state index contributed by atoms with van der Waals surface area (Å²) >= 11 is 1.09. The highest BCUT2D eigenvalue weighted by Crippen LogP contribution is 2.33. The van der Waals surface area contributed by atoms with Crippen LogP contribution in [0.15, 0.2) is 35.2 Å². The van der Waals surface area contributed by atoms with Gasteiger partial charge in [0.05, 0.1) is 0 Å². The lowest BCUT2D eigenvalue weighted by atomic mass is 10.0. The van der Waals surface area contributed by atoms with Crippen molar-refractivity contribution in [3.8, 4) is 0 Å². The van der Waals surface area contributed by atoms with Crippen LogP contribution in [0, 0.1) is 0 Å². The number of aliphatic hydroxyl groups excluding tert-OH is 3. The normalized spacial score (nSPS) is 35.0. The molecular formula is C12H14O6S. The zero-order valence-corrected chi connectivity index (χ0v) is 10.6. The predicted octanol–water partition coefficient (Wildman–Crippen LogP) is -0.329. The summed E-state index contributed by atoms with van der Waals surface area (Å²) in [7, 11) is 0. The van der Waals surface area contributed by atoms with Crippen molar-refractivity contribution < 1.29 is 30.0 Å². The Kier molecular flexibility index (Phi) is 4.43. The molecule has 0 radical (unpaired) electrons. The fourth-order valence-corrected chi connectivity index (χ4v) is 2.84. The number of benzene rings is 1. The summed E-state index contributed by atoms with van der Waals surface area (Å²) in [6.07, 6.45) is -6.13. The molecule has 1 fully saturated rings. The molecule has 4 N–H and O–H groups in total. The third kappa shape index (κ3) is 3.07. The number of carboxylic acids is 1. The van der Waals surface area contributed by atoms with Crippen molar-refractivity contribution in [1.82, 2.24) is 0 Å². The lowest BCUT2D eigenvalue weighted by Gasteiger charge is -2.38. The SMILES string of the molecule is O=C(O)[C@H]1O[C@@H](Sc2ccccc2)[C@H](O)[C@H](O)[C@@H]1O. The highest BCUT2D eigenvalue weighted by atomic mass is 32.2. The molecule has 1 aliphatic heterocycles. The number of rotatable bonds is 3.